The summed E-state index contributed by atoms with van der Waals surface area (Å²) in [5, 5.41) is 0. The molecular weight excluding hydrogens is 232 g/mol. The predicted octanol–water partition coefficient (Wildman–Crippen LogP) is 4.18. The number of rotatable bonds is 4. The Kier molecular flexibility index (Phi) is 4.08. The Labute approximate surface area is 116 Å². The molecule has 1 heterocycles. The molecule has 1 aromatic carbocycles. The first-order valence-corrected chi connectivity index (χ1v) is 7.10. The predicted molar refractivity (Wildman–Crippen MR) is 80.5 cm³/mol. The van der Waals surface area contributed by atoms with E-state index in [1.807, 2.05) is 6.20 Å². The number of nitrogens with zero attached hydrogens (tertiary/aromatic N) is 2. The van der Waals surface area contributed by atoms with Crippen molar-refractivity contribution in [1.82, 2.24) is 9.55 Å². The van der Waals surface area contributed by atoms with Crippen molar-refractivity contribution in [3.63, 3.8) is 0 Å². The molecule has 2 aromatic rings. The molecule has 19 heavy (non-hydrogen) atoms. The lowest BCUT2D eigenvalue weighted by Crippen LogP contribution is -2.11. The smallest absolute Gasteiger partial charge is 0.108 e. The van der Waals surface area contributed by atoms with Crippen molar-refractivity contribution in [3.05, 3.63) is 53.6 Å². The molecule has 0 spiro atoms. The van der Waals surface area contributed by atoms with E-state index in [9.17, 15) is 0 Å². The van der Waals surface area contributed by atoms with Gasteiger partial charge in [0.2, 0.25) is 0 Å². The van der Waals surface area contributed by atoms with Gasteiger partial charge in [0.25, 0.3) is 0 Å². The van der Waals surface area contributed by atoms with Crippen molar-refractivity contribution in [3.8, 4) is 0 Å². The topological polar surface area (TPSA) is 17.8 Å². The van der Waals surface area contributed by atoms with Crippen molar-refractivity contribution >= 4 is 0 Å². The lowest BCUT2D eigenvalue weighted by atomic mass is 9.87. The highest BCUT2D eigenvalue weighted by molar-refractivity contribution is 5.27. The van der Waals surface area contributed by atoms with Crippen molar-refractivity contribution in [1.29, 1.82) is 0 Å². The van der Waals surface area contributed by atoms with E-state index in [4.69, 9.17) is 0 Å². The van der Waals surface area contributed by atoms with Gasteiger partial charge in [-0.2, -0.15) is 0 Å². The Morgan fingerprint density at radius 1 is 1.11 bits per heavy atom. The fourth-order valence-electron chi connectivity index (χ4n) is 2.24. The summed E-state index contributed by atoms with van der Waals surface area (Å²) in [7, 11) is 0. The minimum absolute atomic E-state index is 0.223. The van der Waals surface area contributed by atoms with Crippen LogP contribution in [-0.2, 0) is 18.4 Å². The first kappa shape index (κ1) is 13.9. The molecule has 0 atom stereocenters. The van der Waals surface area contributed by atoms with Crippen LogP contribution >= 0.6 is 0 Å². The largest absolute Gasteiger partial charge is 0.331 e. The van der Waals surface area contributed by atoms with E-state index in [1.54, 1.807) is 0 Å². The summed E-state index contributed by atoms with van der Waals surface area (Å²) in [6, 6.07) is 8.95. The summed E-state index contributed by atoms with van der Waals surface area (Å²) >= 11 is 0. The van der Waals surface area contributed by atoms with E-state index in [0.29, 0.717) is 0 Å². The van der Waals surface area contributed by atoms with E-state index >= 15 is 0 Å². The molecule has 0 bridgehead atoms. The fraction of sp³-hybridized carbons (Fsp3) is 0.471. The third-order valence-corrected chi connectivity index (χ3v) is 3.45. The maximum absolute atomic E-state index is 4.42. The molecule has 0 radical (unpaired) electrons. The molecule has 0 N–H and O–H groups in total. The van der Waals surface area contributed by atoms with Crippen LogP contribution < -0.4 is 0 Å². The molecule has 1 aromatic heterocycles. The van der Waals surface area contributed by atoms with Gasteiger partial charge in [-0.3, -0.25) is 0 Å². The van der Waals surface area contributed by atoms with Gasteiger partial charge in [-0.25, -0.2) is 4.98 Å². The van der Waals surface area contributed by atoms with E-state index in [1.165, 1.54) is 17.0 Å². The molecule has 0 aliphatic rings. The van der Waals surface area contributed by atoms with Gasteiger partial charge in [-0.1, -0.05) is 52.0 Å². The van der Waals surface area contributed by atoms with Crippen LogP contribution in [0.5, 0.6) is 0 Å². The van der Waals surface area contributed by atoms with Crippen LogP contribution in [0.25, 0.3) is 0 Å². The maximum Gasteiger partial charge on any atom is 0.108 e. The zero-order chi connectivity index (χ0) is 13.9. The van der Waals surface area contributed by atoms with Crippen molar-refractivity contribution in [2.24, 2.45) is 0 Å². The fourth-order valence-corrected chi connectivity index (χ4v) is 2.24. The molecule has 2 heteroatoms. The highest BCUT2D eigenvalue weighted by Crippen LogP contribution is 2.22. The van der Waals surface area contributed by atoms with E-state index < -0.39 is 0 Å². The molecule has 0 aliphatic heterocycles. The molecule has 0 amide bonds. The first-order chi connectivity index (χ1) is 9.00. The lowest BCUT2D eigenvalue weighted by molar-refractivity contribution is 0.589. The summed E-state index contributed by atoms with van der Waals surface area (Å²) < 4.78 is 2.25. The second-order valence-corrected chi connectivity index (χ2v) is 6.17. The number of aromatic nitrogens is 2. The zero-order valence-corrected chi connectivity index (χ0v) is 12.5. The van der Waals surface area contributed by atoms with Gasteiger partial charge < -0.3 is 4.57 Å². The molecule has 0 saturated heterocycles. The van der Waals surface area contributed by atoms with Gasteiger partial charge in [0.05, 0.1) is 0 Å². The van der Waals surface area contributed by atoms with Crippen LogP contribution in [-0.4, -0.2) is 9.55 Å². The molecule has 2 nitrogen and oxygen atoms in total. The number of hydrogen-bond acceptors (Lipinski definition) is 1. The standard InChI is InChI=1S/C17H24N2/c1-5-6-16-18-11-12-19(16)13-14-7-9-15(10-8-14)17(2,3)4/h7-12H,5-6,13H2,1-4H3. The Hall–Kier alpha value is -1.57. The van der Waals surface area contributed by atoms with E-state index in [2.05, 4.69) is 67.7 Å². The van der Waals surface area contributed by atoms with Crippen LogP contribution in [0.2, 0.25) is 0 Å². The number of hydrogen-bond donors (Lipinski definition) is 0. The lowest BCUT2D eigenvalue weighted by Gasteiger charge is -2.19. The van der Waals surface area contributed by atoms with Gasteiger partial charge in [0.1, 0.15) is 5.82 Å². The number of benzene rings is 1. The third kappa shape index (κ3) is 3.46. The minimum atomic E-state index is 0.223. The normalized spacial score (nSPS) is 11.8. The maximum atomic E-state index is 4.42. The average Bonchev–Trinajstić information content (AvgIpc) is 2.77. The monoisotopic (exact) mass is 256 g/mol. The summed E-state index contributed by atoms with van der Waals surface area (Å²) in [5.41, 5.74) is 2.94. The Balaban J connectivity index is 2.13. The minimum Gasteiger partial charge on any atom is -0.331 e. The number of aryl methyl sites for hydroxylation is 1. The van der Waals surface area contributed by atoms with Crippen LogP contribution in [0.4, 0.5) is 0 Å². The summed E-state index contributed by atoms with van der Waals surface area (Å²) in [6.07, 6.45) is 6.16. The summed E-state index contributed by atoms with van der Waals surface area (Å²) in [6.45, 7) is 9.85. The molecule has 0 aliphatic carbocycles. The Morgan fingerprint density at radius 2 is 1.79 bits per heavy atom. The van der Waals surface area contributed by atoms with Crippen molar-refractivity contribution in [2.45, 2.75) is 52.5 Å². The highest BCUT2D eigenvalue weighted by atomic mass is 15.1. The highest BCUT2D eigenvalue weighted by Gasteiger charge is 2.12. The van der Waals surface area contributed by atoms with Gasteiger partial charge in [0.15, 0.2) is 0 Å². The van der Waals surface area contributed by atoms with Crippen LogP contribution in [0, 0.1) is 0 Å². The van der Waals surface area contributed by atoms with Crippen LogP contribution in [0.1, 0.15) is 51.1 Å². The second-order valence-electron chi connectivity index (χ2n) is 6.17. The van der Waals surface area contributed by atoms with Gasteiger partial charge in [-0.05, 0) is 23.0 Å². The third-order valence-electron chi connectivity index (χ3n) is 3.45. The van der Waals surface area contributed by atoms with E-state index in [0.717, 1.165) is 19.4 Å². The Bertz CT molecular complexity index is 515. The quantitative estimate of drug-likeness (QED) is 0.802. The van der Waals surface area contributed by atoms with Gasteiger partial charge in [-0.15, -0.1) is 0 Å². The SMILES string of the molecule is CCCc1nccn1Cc1ccc(C(C)(C)C)cc1. The van der Waals surface area contributed by atoms with Crippen LogP contribution in [0.15, 0.2) is 36.7 Å². The number of imidazole rings is 1. The summed E-state index contributed by atoms with van der Waals surface area (Å²) in [5.74, 6) is 1.18. The van der Waals surface area contributed by atoms with Crippen molar-refractivity contribution < 1.29 is 0 Å². The van der Waals surface area contributed by atoms with Crippen molar-refractivity contribution in [2.75, 3.05) is 0 Å². The Morgan fingerprint density at radius 3 is 2.37 bits per heavy atom. The molecule has 0 saturated carbocycles. The average molecular weight is 256 g/mol. The van der Waals surface area contributed by atoms with Gasteiger partial charge in [0, 0.05) is 25.4 Å². The molecule has 2 rings (SSSR count). The zero-order valence-electron chi connectivity index (χ0n) is 12.5. The molecular formula is C17H24N2. The van der Waals surface area contributed by atoms with Gasteiger partial charge >= 0.3 is 0 Å². The molecule has 102 valence electrons. The van der Waals surface area contributed by atoms with E-state index in [-0.39, 0.29) is 5.41 Å². The first-order valence-electron chi connectivity index (χ1n) is 7.10. The second kappa shape index (κ2) is 5.60. The molecule has 0 fully saturated rings. The summed E-state index contributed by atoms with van der Waals surface area (Å²) in [4.78, 5) is 4.42. The van der Waals surface area contributed by atoms with Crippen LogP contribution in [0.3, 0.4) is 0 Å². The molecule has 0 unspecified atom stereocenters.